The van der Waals surface area contributed by atoms with E-state index in [4.69, 9.17) is 11.6 Å². The number of aliphatic hydroxyl groups is 1. The van der Waals surface area contributed by atoms with E-state index in [1.54, 1.807) is 50.7 Å². The molecule has 45 heavy (non-hydrogen) atoms. The molecule has 1 N–H and O–H groups in total. The smallest absolute Gasteiger partial charge is 0.251 e. The Kier molecular flexibility index (Phi) is 10.2. The number of halogens is 1. The van der Waals surface area contributed by atoms with Gasteiger partial charge in [-0.15, -0.1) is 24.9 Å². The van der Waals surface area contributed by atoms with Gasteiger partial charge in [-0.3, -0.25) is 14.4 Å². The Balaban J connectivity index is 1.61. The lowest BCUT2D eigenvalue weighted by Crippen LogP contribution is -2.59. The Hall–Kier alpha value is -3.07. The topological polar surface area (TPSA) is 81.2 Å². The van der Waals surface area contributed by atoms with Gasteiger partial charge in [0.1, 0.15) is 6.04 Å². The number of fused-ring (bicyclic) bond motifs is 1. The summed E-state index contributed by atoms with van der Waals surface area (Å²) in [5.41, 5.74) is 1.54. The minimum Gasteiger partial charge on any atom is -0.394 e. The fourth-order valence-corrected chi connectivity index (χ4v) is 10.5. The molecule has 5 rings (SSSR count). The summed E-state index contributed by atoms with van der Waals surface area (Å²) < 4.78 is -0.836. The maximum Gasteiger partial charge on any atom is 0.251 e. The molecule has 9 heteroatoms. The van der Waals surface area contributed by atoms with Crippen molar-refractivity contribution in [2.45, 2.75) is 62.2 Å². The first-order valence-electron chi connectivity index (χ1n) is 15.8. The summed E-state index contributed by atoms with van der Waals surface area (Å²) in [6.07, 6.45) is 4.62. The number of hydrogen-bond donors (Lipinski definition) is 1. The zero-order chi connectivity index (χ0) is 32.5. The summed E-state index contributed by atoms with van der Waals surface area (Å²) in [6.45, 7) is 14.7. The highest BCUT2D eigenvalue weighted by Gasteiger charge is 2.77. The molecule has 3 saturated heterocycles. The van der Waals surface area contributed by atoms with E-state index in [0.29, 0.717) is 30.2 Å². The lowest BCUT2D eigenvalue weighted by molar-refractivity contribution is -0.146. The Labute approximate surface area is 276 Å². The first kappa shape index (κ1) is 33.3. The number of anilines is 1. The molecule has 3 aliphatic heterocycles. The third-order valence-corrected chi connectivity index (χ3v) is 12.0. The first-order valence-corrected chi connectivity index (χ1v) is 17.1. The number of thioether (sulfide) groups is 1. The van der Waals surface area contributed by atoms with Crippen molar-refractivity contribution in [3.8, 4) is 0 Å². The van der Waals surface area contributed by atoms with E-state index in [0.717, 1.165) is 12.0 Å². The van der Waals surface area contributed by atoms with E-state index in [9.17, 15) is 19.5 Å². The number of carbonyl (C=O) groups is 3. The molecule has 3 amide bonds. The molecular formula is C36H44ClN3O4S. The summed E-state index contributed by atoms with van der Waals surface area (Å²) in [5.74, 6) is -1.70. The lowest BCUT2D eigenvalue weighted by Gasteiger charge is -2.42. The van der Waals surface area contributed by atoms with Gasteiger partial charge in [-0.1, -0.05) is 87.0 Å². The van der Waals surface area contributed by atoms with Gasteiger partial charge < -0.3 is 19.8 Å². The molecule has 3 aliphatic rings. The summed E-state index contributed by atoms with van der Waals surface area (Å²) in [4.78, 5) is 49.4. The minimum atomic E-state index is -0.882. The standard InChI is InChI=1S/C36H44ClN3O4S/c1-6-17-38(21-25-13-9-8-10-14-25)33(42)30-29-20-24(5)36(45-29)31(30)34(43)40(26(22-41)19-23(3)4)32(36)35(44)39(18-7-2)28-16-12-11-15-27(28)37/h6-16,23-24,26,29-32,41H,1-2,17-22H2,3-5H3/t24?,26-,29-,30+,31+,32?,36?/m1/s1. The van der Waals surface area contributed by atoms with Gasteiger partial charge in [0.15, 0.2) is 0 Å². The molecule has 7 nitrogen and oxygen atoms in total. The fourth-order valence-electron chi connectivity index (χ4n) is 7.89. The number of para-hydroxylation sites is 1. The number of likely N-dealkylation sites (tertiary alicyclic amines) is 1. The third kappa shape index (κ3) is 5.85. The van der Waals surface area contributed by atoms with Crippen LogP contribution in [0.3, 0.4) is 0 Å². The molecule has 0 aliphatic carbocycles. The van der Waals surface area contributed by atoms with Crippen LogP contribution in [0.5, 0.6) is 0 Å². The quantitative estimate of drug-likeness (QED) is 0.277. The number of amides is 3. The van der Waals surface area contributed by atoms with E-state index in [-0.39, 0.29) is 48.0 Å². The molecule has 0 aromatic heterocycles. The van der Waals surface area contributed by atoms with Crippen LogP contribution in [-0.4, -0.2) is 74.4 Å². The fraction of sp³-hybridized carbons (Fsp3) is 0.472. The molecule has 0 radical (unpaired) electrons. The Morgan fingerprint density at radius 2 is 1.76 bits per heavy atom. The zero-order valence-electron chi connectivity index (χ0n) is 26.3. The van der Waals surface area contributed by atoms with Crippen LogP contribution in [0, 0.1) is 23.7 Å². The van der Waals surface area contributed by atoms with Gasteiger partial charge in [-0.05, 0) is 42.4 Å². The molecule has 7 atom stereocenters. The molecule has 0 saturated carbocycles. The first-order chi connectivity index (χ1) is 21.6. The summed E-state index contributed by atoms with van der Waals surface area (Å²) in [7, 11) is 0. The van der Waals surface area contributed by atoms with Crippen LogP contribution < -0.4 is 4.90 Å². The van der Waals surface area contributed by atoms with Crippen LogP contribution in [0.4, 0.5) is 5.69 Å². The molecular weight excluding hydrogens is 606 g/mol. The van der Waals surface area contributed by atoms with Crippen molar-refractivity contribution in [2.75, 3.05) is 24.6 Å². The highest BCUT2D eigenvalue weighted by Crippen LogP contribution is 2.69. The van der Waals surface area contributed by atoms with Gasteiger partial charge in [-0.25, -0.2) is 0 Å². The number of aliphatic hydroxyl groups excluding tert-OH is 1. The second-order valence-electron chi connectivity index (χ2n) is 12.9. The van der Waals surface area contributed by atoms with Gasteiger partial charge in [0.25, 0.3) is 5.91 Å². The normalized spacial score (nSPS) is 27.4. The van der Waals surface area contributed by atoms with E-state index in [1.807, 2.05) is 56.3 Å². The maximum atomic E-state index is 15.0. The van der Waals surface area contributed by atoms with Crippen molar-refractivity contribution in [1.29, 1.82) is 0 Å². The van der Waals surface area contributed by atoms with Gasteiger partial charge in [0.2, 0.25) is 11.8 Å². The van der Waals surface area contributed by atoms with E-state index in [2.05, 4.69) is 20.1 Å². The second kappa shape index (κ2) is 13.7. The molecule has 2 aromatic carbocycles. The Morgan fingerprint density at radius 1 is 1.09 bits per heavy atom. The minimum absolute atomic E-state index is 0.0124. The van der Waals surface area contributed by atoms with E-state index >= 15 is 0 Å². The monoisotopic (exact) mass is 649 g/mol. The molecule has 1 spiro atoms. The predicted molar refractivity (Wildman–Crippen MR) is 182 cm³/mol. The number of hydrogen-bond acceptors (Lipinski definition) is 5. The van der Waals surface area contributed by atoms with Gasteiger partial charge in [0, 0.05) is 24.9 Å². The zero-order valence-corrected chi connectivity index (χ0v) is 27.9. The molecule has 3 fully saturated rings. The highest BCUT2D eigenvalue weighted by atomic mass is 35.5. The van der Waals surface area contributed by atoms with Gasteiger partial charge in [-0.2, -0.15) is 0 Å². The van der Waals surface area contributed by atoms with Crippen molar-refractivity contribution in [1.82, 2.24) is 9.80 Å². The lowest BCUT2D eigenvalue weighted by atomic mass is 9.65. The van der Waals surface area contributed by atoms with Crippen molar-refractivity contribution >= 4 is 46.8 Å². The van der Waals surface area contributed by atoms with Crippen molar-refractivity contribution in [3.63, 3.8) is 0 Å². The largest absolute Gasteiger partial charge is 0.394 e. The average molecular weight is 650 g/mol. The SMILES string of the molecule is C=CCN(Cc1ccccc1)C(=O)[C@@H]1[C@H]2C(=O)N([C@@H](CO)CC(C)C)C(C(=O)N(CC=C)c3ccccc3Cl)C23S[C@@H]1CC3C. The number of benzene rings is 2. The Bertz CT molecular complexity index is 1440. The number of nitrogens with zero attached hydrogens (tertiary/aromatic N) is 3. The number of carbonyl (C=O) groups excluding carboxylic acids is 3. The van der Waals surface area contributed by atoms with Crippen LogP contribution in [-0.2, 0) is 20.9 Å². The summed E-state index contributed by atoms with van der Waals surface area (Å²) >= 11 is 8.27. The average Bonchev–Trinajstić information content (AvgIpc) is 3.62. The van der Waals surface area contributed by atoms with Crippen LogP contribution >= 0.6 is 23.4 Å². The van der Waals surface area contributed by atoms with Crippen LogP contribution in [0.2, 0.25) is 5.02 Å². The molecule has 2 aromatic rings. The highest BCUT2D eigenvalue weighted by molar-refractivity contribution is 8.02. The maximum absolute atomic E-state index is 15.0. The van der Waals surface area contributed by atoms with Crippen molar-refractivity contribution in [2.24, 2.45) is 23.7 Å². The predicted octanol–water partition coefficient (Wildman–Crippen LogP) is 5.82. The molecule has 240 valence electrons. The van der Waals surface area contributed by atoms with E-state index < -0.39 is 28.7 Å². The molecule has 3 unspecified atom stereocenters. The van der Waals surface area contributed by atoms with Crippen LogP contribution in [0.15, 0.2) is 79.9 Å². The van der Waals surface area contributed by atoms with Crippen molar-refractivity contribution in [3.05, 3.63) is 90.5 Å². The molecule has 2 bridgehead atoms. The van der Waals surface area contributed by atoms with Crippen molar-refractivity contribution < 1.29 is 19.5 Å². The Morgan fingerprint density at radius 3 is 2.38 bits per heavy atom. The number of rotatable bonds is 13. The van der Waals surface area contributed by atoms with Gasteiger partial charge in [0.05, 0.1) is 39.9 Å². The third-order valence-electron chi connectivity index (χ3n) is 9.65. The van der Waals surface area contributed by atoms with Crippen LogP contribution in [0.25, 0.3) is 0 Å². The summed E-state index contributed by atoms with van der Waals surface area (Å²) in [5, 5.41) is 11.0. The summed E-state index contributed by atoms with van der Waals surface area (Å²) in [6, 6.07) is 15.5. The molecule has 3 heterocycles. The van der Waals surface area contributed by atoms with Crippen LogP contribution in [0.1, 0.15) is 39.2 Å². The second-order valence-corrected chi connectivity index (χ2v) is 14.9. The van der Waals surface area contributed by atoms with Gasteiger partial charge >= 0.3 is 0 Å². The van der Waals surface area contributed by atoms with E-state index in [1.165, 1.54) is 0 Å².